The van der Waals surface area contributed by atoms with Crippen molar-refractivity contribution in [3.05, 3.63) is 27.7 Å². The minimum absolute atomic E-state index is 0.0173. The SMILES string of the molecule is CONC(=O)c1cc2n(CC(C)(C)C)c(=O)c(C(=O)NC3CC3)c(O)n2n1. The van der Waals surface area contributed by atoms with E-state index in [0.29, 0.717) is 0 Å². The van der Waals surface area contributed by atoms with Crippen LogP contribution in [-0.4, -0.2) is 44.3 Å². The van der Waals surface area contributed by atoms with E-state index in [4.69, 9.17) is 0 Å². The number of nitrogens with one attached hydrogen (secondary N) is 2. The molecule has 27 heavy (non-hydrogen) atoms. The van der Waals surface area contributed by atoms with E-state index in [9.17, 15) is 19.5 Å². The van der Waals surface area contributed by atoms with Crippen LogP contribution in [0.4, 0.5) is 0 Å². The van der Waals surface area contributed by atoms with Gasteiger partial charge in [-0.1, -0.05) is 20.8 Å². The Balaban J connectivity index is 2.21. The molecule has 0 bridgehead atoms. The summed E-state index contributed by atoms with van der Waals surface area (Å²) < 4.78 is 2.37. The number of aromatic hydroxyl groups is 1. The van der Waals surface area contributed by atoms with Gasteiger partial charge in [0.1, 0.15) is 5.65 Å². The first kappa shape index (κ1) is 18.9. The molecule has 10 nitrogen and oxygen atoms in total. The molecule has 10 heteroatoms. The smallest absolute Gasteiger partial charge is 0.295 e. The summed E-state index contributed by atoms with van der Waals surface area (Å²) in [6.07, 6.45) is 1.68. The summed E-state index contributed by atoms with van der Waals surface area (Å²) in [5, 5.41) is 17.3. The maximum atomic E-state index is 13.0. The molecule has 0 saturated heterocycles. The van der Waals surface area contributed by atoms with Gasteiger partial charge in [0, 0.05) is 18.7 Å². The second-order valence-electron chi connectivity index (χ2n) is 7.83. The van der Waals surface area contributed by atoms with Gasteiger partial charge in [-0.3, -0.25) is 23.8 Å². The van der Waals surface area contributed by atoms with Crippen LogP contribution in [0.2, 0.25) is 0 Å². The van der Waals surface area contributed by atoms with Crippen molar-refractivity contribution in [1.29, 1.82) is 0 Å². The monoisotopic (exact) mass is 377 g/mol. The molecule has 146 valence electrons. The molecule has 0 spiro atoms. The largest absolute Gasteiger partial charge is 0.492 e. The number of rotatable bonds is 5. The molecule has 0 radical (unpaired) electrons. The average Bonchev–Trinajstić information content (AvgIpc) is 3.24. The number of hydrogen-bond acceptors (Lipinski definition) is 6. The number of aromatic nitrogens is 3. The molecule has 3 N–H and O–H groups in total. The summed E-state index contributed by atoms with van der Waals surface area (Å²) in [5.41, 5.74) is 0.955. The predicted octanol–water partition coefficient (Wildman–Crippen LogP) is 0.431. The molecule has 0 aliphatic heterocycles. The van der Waals surface area contributed by atoms with Gasteiger partial charge in [-0.2, -0.15) is 9.61 Å². The lowest BCUT2D eigenvalue weighted by molar-refractivity contribution is 0.0532. The molecular weight excluding hydrogens is 354 g/mol. The zero-order chi connectivity index (χ0) is 19.9. The first-order valence-corrected chi connectivity index (χ1v) is 8.62. The van der Waals surface area contributed by atoms with Gasteiger partial charge in [-0.05, 0) is 18.3 Å². The van der Waals surface area contributed by atoms with Crippen LogP contribution in [0.1, 0.15) is 54.5 Å². The number of hydroxylamine groups is 1. The van der Waals surface area contributed by atoms with E-state index in [-0.39, 0.29) is 34.9 Å². The number of amides is 2. The lowest BCUT2D eigenvalue weighted by Crippen LogP contribution is -2.37. The maximum Gasteiger partial charge on any atom is 0.295 e. The topological polar surface area (TPSA) is 127 Å². The molecule has 0 unspecified atom stereocenters. The van der Waals surface area contributed by atoms with E-state index in [1.54, 1.807) is 0 Å². The van der Waals surface area contributed by atoms with Crippen molar-refractivity contribution in [3.63, 3.8) is 0 Å². The molecule has 3 rings (SSSR count). The number of fused-ring (bicyclic) bond motifs is 1. The Morgan fingerprint density at radius 1 is 1.33 bits per heavy atom. The fraction of sp³-hybridized carbons (Fsp3) is 0.529. The van der Waals surface area contributed by atoms with Crippen molar-refractivity contribution < 1.29 is 19.5 Å². The van der Waals surface area contributed by atoms with Gasteiger partial charge in [0.2, 0.25) is 5.88 Å². The van der Waals surface area contributed by atoms with Crippen LogP contribution in [0.15, 0.2) is 10.9 Å². The Bertz CT molecular complexity index is 965. The van der Waals surface area contributed by atoms with Crippen LogP contribution in [-0.2, 0) is 11.4 Å². The first-order valence-electron chi connectivity index (χ1n) is 8.62. The van der Waals surface area contributed by atoms with Crippen LogP contribution in [0.5, 0.6) is 5.88 Å². The molecule has 2 amide bonds. The van der Waals surface area contributed by atoms with Gasteiger partial charge in [0.05, 0.1) is 7.11 Å². The van der Waals surface area contributed by atoms with Crippen LogP contribution >= 0.6 is 0 Å². The summed E-state index contributed by atoms with van der Waals surface area (Å²) in [6.45, 7) is 6.06. The standard InChI is InChI=1S/C17H23N5O5/c1-17(2,3)8-21-11-7-10(13(23)20-27-4)19-22(11)16(26)12(15(21)25)14(24)18-9-5-6-9/h7,9,26H,5-6,8H2,1-4H3,(H,18,24)(H,20,23). The molecule has 2 aromatic rings. The normalized spacial score (nSPS) is 14.4. The van der Waals surface area contributed by atoms with Crippen molar-refractivity contribution in [2.45, 2.75) is 46.2 Å². The van der Waals surface area contributed by atoms with E-state index in [0.717, 1.165) is 17.4 Å². The van der Waals surface area contributed by atoms with E-state index >= 15 is 0 Å². The van der Waals surface area contributed by atoms with Crippen LogP contribution < -0.4 is 16.4 Å². The third-order valence-corrected chi connectivity index (χ3v) is 4.05. The number of carbonyl (C=O) groups is 2. The molecule has 1 aliphatic carbocycles. The second kappa shape index (κ2) is 6.69. The zero-order valence-electron chi connectivity index (χ0n) is 15.7. The quantitative estimate of drug-likeness (QED) is 0.649. The van der Waals surface area contributed by atoms with Gasteiger partial charge < -0.3 is 10.4 Å². The Hall–Kier alpha value is -2.88. The van der Waals surface area contributed by atoms with Crippen molar-refractivity contribution in [2.75, 3.05) is 7.11 Å². The van der Waals surface area contributed by atoms with Gasteiger partial charge in [0.15, 0.2) is 11.3 Å². The van der Waals surface area contributed by atoms with Crippen LogP contribution in [0.3, 0.4) is 0 Å². The van der Waals surface area contributed by atoms with E-state index in [1.165, 1.54) is 17.7 Å². The van der Waals surface area contributed by atoms with Gasteiger partial charge in [-0.15, -0.1) is 0 Å². The predicted molar refractivity (Wildman–Crippen MR) is 95.5 cm³/mol. The molecule has 0 atom stereocenters. The van der Waals surface area contributed by atoms with Crippen molar-refractivity contribution in [2.24, 2.45) is 5.41 Å². The van der Waals surface area contributed by atoms with Crippen molar-refractivity contribution >= 4 is 17.5 Å². The minimum atomic E-state index is -0.650. The molecule has 1 aliphatic rings. The Labute approximate surface area is 155 Å². The van der Waals surface area contributed by atoms with Gasteiger partial charge in [-0.25, -0.2) is 5.48 Å². The summed E-state index contributed by atoms with van der Waals surface area (Å²) in [4.78, 5) is 42.1. The highest BCUT2D eigenvalue weighted by Gasteiger charge is 2.30. The zero-order valence-corrected chi connectivity index (χ0v) is 15.7. The number of nitrogens with zero attached hydrogens (tertiary/aromatic N) is 3. The fourth-order valence-corrected chi connectivity index (χ4v) is 2.73. The maximum absolute atomic E-state index is 13.0. The number of carbonyl (C=O) groups excluding carboxylic acids is 2. The molecule has 0 aromatic carbocycles. The first-order chi connectivity index (χ1) is 12.6. The minimum Gasteiger partial charge on any atom is -0.492 e. The Kier molecular flexibility index (Phi) is 4.68. The summed E-state index contributed by atoms with van der Waals surface area (Å²) in [7, 11) is 1.28. The van der Waals surface area contributed by atoms with Crippen molar-refractivity contribution in [3.8, 4) is 5.88 Å². The van der Waals surface area contributed by atoms with Gasteiger partial charge in [0.25, 0.3) is 17.4 Å². The molecular formula is C17H23N5O5. The highest BCUT2D eigenvalue weighted by molar-refractivity contribution is 5.97. The molecule has 2 aromatic heterocycles. The van der Waals surface area contributed by atoms with Crippen molar-refractivity contribution in [1.82, 2.24) is 25.0 Å². The van der Waals surface area contributed by atoms with E-state index < -0.39 is 23.3 Å². The highest BCUT2D eigenvalue weighted by atomic mass is 16.6. The average molecular weight is 377 g/mol. The summed E-state index contributed by atoms with van der Waals surface area (Å²) in [6, 6.07) is 1.38. The molecule has 1 saturated carbocycles. The molecule has 1 fully saturated rings. The number of hydrogen-bond donors (Lipinski definition) is 3. The summed E-state index contributed by atoms with van der Waals surface area (Å²) >= 11 is 0. The van der Waals surface area contributed by atoms with E-state index in [2.05, 4.69) is 20.7 Å². The third kappa shape index (κ3) is 3.80. The lowest BCUT2D eigenvalue weighted by atomic mass is 9.97. The summed E-state index contributed by atoms with van der Waals surface area (Å²) in [5.74, 6) is -1.89. The Morgan fingerprint density at radius 3 is 2.56 bits per heavy atom. The molecule has 2 heterocycles. The van der Waals surface area contributed by atoms with Crippen LogP contribution in [0, 0.1) is 5.41 Å². The highest BCUT2D eigenvalue weighted by Crippen LogP contribution is 2.24. The third-order valence-electron chi connectivity index (χ3n) is 4.05. The van der Waals surface area contributed by atoms with E-state index in [1.807, 2.05) is 20.8 Å². The second-order valence-corrected chi connectivity index (χ2v) is 7.83. The van der Waals surface area contributed by atoms with Gasteiger partial charge >= 0.3 is 0 Å². The lowest BCUT2D eigenvalue weighted by Gasteiger charge is -2.21. The van der Waals surface area contributed by atoms with Crippen LogP contribution in [0.25, 0.3) is 5.65 Å². The Morgan fingerprint density at radius 2 is 2.00 bits per heavy atom. The fourth-order valence-electron chi connectivity index (χ4n) is 2.73.